The first-order valence-electron chi connectivity index (χ1n) is 12.5. The van der Waals surface area contributed by atoms with Crippen molar-refractivity contribution in [2.45, 2.75) is 33.1 Å². The van der Waals surface area contributed by atoms with Gasteiger partial charge in [-0.25, -0.2) is 19.4 Å². The lowest BCUT2D eigenvalue weighted by atomic mass is 9.95. The number of aromatic nitrogens is 4. The molecule has 0 fully saturated rings. The fourth-order valence-corrected chi connectivity index (χ4v) is 5.57. The highest BCUT2D eigenvalue weighted by Gasteiger charge is 2.30. The molecule has 2 amide bonds. The Balaban J connectivity index is 1.53. The number of urea groups is 1. The summed E-state index contributed by atoms with van der Waals surface area (Å²) in [6.45, 7) is 6.11. The zero-order chi connectivity index (χ0) is 25.8. The summed E-state index contributed by atoms with van der Waals surface area (Å²) in [4.78, 5) is 22.8. The molecule has 0 aliphatic heterocycles. The van der Waals surface area contributed by atoms with Crippen LogP contribution in [0.3, 0.4) is 0 Å². The second-order valence-corrected chi connectivity index (χ2v) is 9.86. The number of anilines is 2. The smallest absolute Gasteiger partial charge is 0.321 e. The number of hydrogen-bond donors (Lipinski definition) is 3. The summed E-state index contributed by atoms with van der Waals surface area (Å²) in [7, 11) is 1.65. The summed E-state index contributed by atoms with van der Waals surface area (Å²) in [6.07, 6.45) is 4.23. The molecule has 3 N–H and O–H groups in total. The zero-order valence-electron chi connectivity index (χ0n) is 21.3. The van der Waals surface area contributed by atoms with Crippen molar-refractivity contribution in [1.29, 1.82) is 0 Å². The first kappa shape index (κ1) is 24.9. The van der Waals surface area contributed by atoms with Crippen molar-refractivity contribution >= 4 is 28.3 Å². The number of nitrogens with one attached hydrogen (secondary N) is 3. The number of carbonyl (C=O) groups is 1. The van der Waals surface area contributed by atoms with Crippen LogP contribution in [0.5, 0.6) is 0 Å². The number of thiazole rings is 1. The van der Waals surface area contributed by atoms with Gasteiger partial charge in [-0.1, -0.05) is 29.5 Å². The minimum atomic E-state index is -0.262. The zero-order valence-corrected chi connectivity index (χ0v) is 22.1. The van der Waals surface area contributed by atoms with E-state index >= 15 is 0 Å². The van der Waals surface area contributed by atoms with Crippen LogP contribution in [0.4, 0.5) is 15.7 Å². The Morgan fingerprint density at radius 2 is 2.05 bits per heavy atom. The molecular formula is C27H31N7O2S. The molecule has 1 aliphatic carbocycles. The maximum atomic E-state index is 12.4. The number of pyridine rings is 1. The highest BCUT2D eigenvalue weighted by atomic mass is 32.1. The van der Waals surface area contributed by atoms with E-state index in [4.69, 9.17) is 14.8 Å². The van der Waals surface area contributed by atoms with Gasteiger partial charge in [0.1, 0.15) is 5.82 Å². The molecule has 3 heterocycles. The topological polar surface area (TPSA) is 106 Å². The van der Waals surface area contributed by atoms with E-state index in [1.54, 1.807) is 7.11 Å². The van der Waals surface area contributed by atoms with Gasteiger partial charge < -0.3 is 15.4 Å². The second kappa shape index (κ2) is 11.1. The molecule has 0 unspecified atom stereocenters. The maximum Gasteiger partial charge on any atom is 0.321 e. The molecule has 9 nitrogen and oxygen atoms in total. The van der Waals surface area contributed by atoms with Crippen LogP contribution < -0.4 is 16.0 Å². The van der Waals surface area contributed by atoms with E-state index in [1.807, 2.05) is 29.1 Å². The van der Waals surface area contributed by atoms with Crippen LogP contribution in [-0.2, 0) is 17.6 Å². The lowest BCUT2D eigenvalue weighted by Crippen LogP contribution is -2.30. The molecule has 0 spiro atoms. The Kier molecular flexibility index (Phi) is 7.47. The van der Waals surface area contributed by atoms with E-state index < -0.39 is 0 Å². The maximum absolute atomic E-state index is 12.4. The quantitative estimate of drug-likeness (QED) is 0.268. The van der Waals surface area contributed by atoms with Gasteiger partial charge in [0.15, 0.2) is 5.13 Å². The van der Waals surface area contributed by atoms with Gasteiger partial charge in [-0.3, -0.25) is 5.32 Å². The SMILES string of the molecule is CCNc1ccc(-c2nn(-c3ccccc3C)c3c2CCc2nc(NC(=O)NCCCOC)sc2-3)cn1. The molecule has 0 radical (unpaired) electrons. The molecule has 1 aromatic carbocycles. The molecular weight excluding hydrogens is 486 g/mol. The van der Waals surface area contributed by atoms with Crippen molar-refractivity contribution in [2.75, 3.05) is 37.4 Å². The Morgan fingerprint density at radius 3 is 2.81 bits per heavy atom. The van der Waals surface area contributed by atoms with Crippen molar-refractivity contribution in [1.82, 2.24) is 25.1 Å². The summed E-state index contributed by atoms with van der Waals surface area (Å²) >= 11 is 1.49. The normalized spacial score (nSPS) is 12.1. The molecule has 0 atom stereocenters. The highest BCUT2D eigenvalue weighted by molar-refractivity contribution is 7.19. The van der Waals surface area contributed by atoms with Crippen LogP contribution in [0.2, 0.25) is 0 Å². The van der Waals surface area contributed by atoms with E-state index in [2.05, 4.69) is 53.0 Å². The van der Waals surface area contributed by atoms with Crippen LogP contribution in [0.25, 0.3) is 27.5 Å². The third kappa shape index (κ3) is 5.21. The van der Waals surface area contributed by atoms with E-state index in [9.17, 15) is 4.79 Å². The fourth-order valence-electron chi connectivity index (χ4n) is 4.51. The van der Waals surface area contributed by atoms with Gasteiger partial charge in [-0.05, 0) is 56.9 Å². The van der Waals surface area contributed by atoms with E-state index in [-0.39, 0.29) is 6.03 Å². The molecule has 3 aromatic heterocycles. The Labute approximate surface area is 220 Å². The van der Waals surface area contributed by atoms with E-state index in [0.717, 1.165) is 70.4 Å². The van der Waals surface area contributed by atoms with Crippen molar-refractivity contribution in [3.63, 3.8) is 0 Å². The molecule has 4 aromatic rings. The minimum Gasteiger partial charge on any atom is -0.385 e. The first-order valence-corrected chi connectivity index (χ1v) is 13.3. The average Bonchev–Trinajstić information content (AvgIpc) is 3.49. The largest absolute Gasteiger partial charge is 0.385 e. The summed E-state index contributed by atoms with van der Waals surface area (Å²) in [6, 6.07) is 12.0. The number of methoxy groups -OCH3 is 1. The number of carbonyl (C=O) groups excluding carboxylic acids is 1. The van der Waals surface area contributed by atoms with E-state index in [1.165, 1.54) is 16.9 Å². The highest BCUT2D eigenvalue weighted by Crippen LogP contribution is 2.44. The Bertz CT molecular complexity index is 1390. The number of para-hydroxylation sites is 1. The van der Waals surface area contributed by atoms with Crippen LogP contribution in [0.1, 0.15) is 30.2 Å². The van der Waals surface area contributed by atoms with Gasteiger partial charge in [0.05, 0.1) is 27.6 Å². The number of amides is 2. The fraction of sp³-hybridized carbons (Fsp3) is 0.333. The molecule has 192 valence electrons. The molecule has 37 heavy (non-hydrogen) atoms. The van der Waals surface area contributed by atoms with Crippen molar-refractivity contribution in [3.8, 4) is 27.5 Å². The van der Waals surface area contributed by atoms with Crippen molar-refractivity contribution in [2.24, 2.45) is 0 Å². The second-order valence-electron chi connectivity index (χ2n) is 8.86. The third-order valence-electron chi connectivity index (χ3n) is 6.28. The standard InChI is InChI=1S/C27H31N7O2S/c1-4-28-22-13-10-18(16-30-22)23-19-11-12-20-25(24(19)34(33-23)21-9-6-5-8-17(21)2)37-27(31-20)32-26(35)29-14-7-15-36-3/h5-6,8-10,13,16H,4,7,11-12,14-15H2,1-3H3,(H,28,30)(H2,29,31,32,35). The molecule has 5 rings (SSSR count). The molecule has 1 aliphatic rings. The van der Waals surface area contributed by atoms with Crippen molar-refractivity contribution in [3.05, 3.63) is 59.4 Å². The predicted molar refractivity (Wildman–Crippen MR) is 148 cm³/mol. The van der Waals surface area contributed by atoms with Gasteiger partial charge in [0, 0.05) is 44.1 Å². The van der Waals surface area contributed by atoms with Gasteiger partial charge in [-0.15, -0.1) is 0 Å². The van der Waals surface area contributed by atoms with Crippen molar-refractivity contribution < 1.29 is 9.53 Å². The average molecular weight is 518 g/mol. The third-order valence-corrected chi connectivity index (χ3v) is 7.30. The predicted octanol–water partition coefficient (Wildman–Crippen LogP) is 5.05. The number of nitrogens with zero attached hydrogens (tertiary/aromatic N) is 4. The van der Waals surface area contributed by atoms with Crippen LogP contribution in [-0.4, -0.2) is 52.6 Å². The number of rotatable bonds is 9. The van der Waals surface area contributed by atoms with Gasteiger partial charge in [0.25, 0.3) is 0 Å². The van der Waals surface area contributed by atoms with Crippen LogP contribution >= 0.6 is 11.3 Å². The van der Waals surface area contributed by atoms with Crippen LogP contribution in [0.15, 0.2) is 42.6 Å². The summed E-state index contributed by atoms with van der Waals surface area (Å²) < 4.78 is 7.07. The first-order chi connectivity index (χ1) is 18.1. The molecule has 0 saturated heterocycles. The van der Waals surface area contributed by atoms with Gasteiger partial charge >= 0.3 is 6.03 Å². The van der Waals surface area contributed by atoms with Gasteiger partial charge in [-0.2, -0.15) is 5.10 Å². The number of fused-ring (bicyclic) bond motifs is 3. The minimum absolute atomic E-state index is 0.262. The number of aryl methyl sites for hydroxylation is 2. The summed E-state index contributed by atoms with van der Waals surface area (Å²) in [5.74, 6) is 0.847. The van der Waals surface area contributed by atoms with E-state index in [0.29, 0.717) is 18.3 Å². The lowest BCUT2D eigenvalue weighted by molar-refractivity contribution is 0.194. The summed E-state index contributed by atoms with van der Waals surface area (Å²) in [5.41, 5.74) is 7.25. The molecule has 0 saturated carbocycles. The Morgan fingerprint density at radius 1 is 1.19 bits per heavy atom. The number of benzene rings is 1. The number of hydrogen-bond acceptors (Lipinski definition) is 7. The molecule has 0 bridgehead atoms. The summed E-state index contributed by atoms with van der Waals surface area (Å²) in [5, 5.41) is 14.7. The lowest BCUT2D eigenvalue weighted by Gasteiger charge is -2.15. The number of ether oxygens (including phenoxy) is 1. The molecule has 10 heteroatoms. The van der Waals surface area contributed by atoms with Crippen LogP contribution in [0, 0.1) is 6.92 Å². The monoisotopic (exact) mass is 517 g/mol. The van der Waals surface area contributed by atoms with Gasteiger partial charge in [0.2, 0.25) is 0 Å². The Hall–Kier alpha value is -3.76.